The fourth-order valence-electron chi connectivity index (χ4n) is 2.75. The summed E-state index contributed by atoms with van der Waals surface area (Å²) in [5.41, 5.74) is 6.04. The molecule has 1 aromatic rings. The van der Waals surface area contributed by atoms with Crippen LogP contribution < -0.4 is 11.1 Å². The average molecular weight is 315 g/mol. The summed E-state index contributed by atoms with van der Waals surface area (Å²) < 4.78 is 14.2. The minimum Gasteiger partial charge on any atom is -0.386 e. The highest BCUT2D eigenvalue weighted by molar-refractivity contribution is 7.80. The second-order valence-electron chi connectivity index (χ2n) is 4.93. The molecule has 1 amide bonds. The Kier molecular flexibility index (Phi) is 3.42. The number of halogens is 1. The summed E-state index contributed by atoms with van der Waals surface area (Å²) in [5, 5.41) is 11.8. The van der Waals surface area contributed by atoms with E-state index >= 15 is 0 Å². The third kappa shape index (κ3) is 2.16. The fourth-order valence-corrected chi connectivity index (χ4v) is 2.94. The number of nitrogens with one attached hydrogen (secondary N) is 1. The van der Waals surface area contributed by atoms with Crippen molar-refractivity contribution in [1.29, 1.82) is 5.26 Å². The minimum absolute atomic E-state index is 0.00301. The first-order valence-corrected chi connectivity index (χ1v) is 6.85. The van der Waals surface area contributed by atoms with E-state index in [-0.39, 0.29) is 22.3 Å². The Hall–Kier alpha value is -2.66. The molecule has 3 rings (SSSR count). The largest absolute Gasteiger partial charge is 0.386 e. The number of aliphatic imine (C=N–C) groups is 2. The summed E-state index contributed by atoms with van der Waals surface area (Å²) in [5.74, 6) is -3.47. The zero-order valence-corrected chi connectivity index (χ0v) is 12.0. The molecule has 2 aliphatic rings. The van der Waals surface area contributed by atoms with Crippen LogP contribution in [0.15, 0.2) is 34.3 Å². The van der Waals surface area contributed by atoms with E-state index in [0.29, 0.717) is 0 Å². The molecule has 0 aromatic heterocycles. The Labute approximate surface area is 130 Å². The second kappa shape index (κ2) is 5.27. The van der Waals surface area contributed by atoms with E-state index in [4.69, 9.17) is 18.0 Å². The van der Waals surface area contributed by atoms with Crippen LogP contribution in [-0.2, 0) is 4.79 Å². The number of nitrogens with zero attached hydrogens (tertiary/aromatic N) is 3. The van der Waals surface area contributed by atoms with Crippen molar-refractivity contribution in [2.75, 3.05) is 0 Å². The topological polar surface area (TPSA) is 104 Å². The first-order valence-electron chi connectivity index (χ1n) is 6.44. The number of nitriles is 1. The van der Waals surface area contributed by atoms with Gasteiger partial charge in [-0.3, -0.25) is 4.79 Å². The molecule has 0 saturated carbocycles. The number of thiocarbonyl (C=S) groups is 1. The van der Waals surface area contributed by atoms with E-state index < -0.39 is 29.5 Å². The molecule has 0 bridgehead atoms. The Morgan fingerprint density at radius 3 is 2.77 bits per heavy atom. The van der Waals surface area contributed by atoms with Gasteiger partial charge in [-0.1, -0.05) is 18.2 Å². The highest BCUT2D eigenvalue weighted by atomic mass is 32.1. The van der Waals surface area contributed by atoms with E-state index in [9.17, 15) is 14.4 Å². The third-order valence-electron chi connectivity index (χ3n) is 3.69. The number of carbonyl (C=O) groups is 1. The van der Waals surface area contributed by atoms with Gasteiger partial charge in [0.1, 0.15) is 29.3 Å². The number of amides is 1. The van der Waals surface area contributed by atoms with Crippen LogP contribution in [0.5, 0.6) is 0 Å². The van der Waals surface area contributed by atoms with Gasteiger partial charge in [0, 0.05) is 5.92 Å². The highest BCUT2D eigenvalue weighted by Gasteiger charge is 2.47. The normalized spacial score (nSPS) is 27.2. The number of rotatable bonds is 1. The maximum absolute atomic E-state index is 14.2. The average Bonchev–Trinajstić information content (AvgIpc) is 2.46. The molecule has 8 heteroatoms. The van der Waals surface area contributed by atoms with Crippen molar-refractivity contribution >= 4 is 34.9 Å². The van der Waals surface area contributed by atoms with Crippen molar-refractivity contribution in [2.24, 2.45) is 27.6 Å². The molecule has 22 heavy (non-hydrogen) atoms. The number of hydrogen-bond donors (Lipinski definition) is 2. The molecule has 0 spiro atoms. The van der Waals surface area contributed by atoms with Gasteiger partial charge < -0.3 is 11.1 Å². The number of carbonyl (C=O) groups excluding carboxylic acids is 1. The van der Waals surface area contributed by atoms with E-state index in [1.807, 2.05) is 6.07 Å². The molecule has 0 fully saturated rings. The Morgan fingerprint density at radius 2 is 2.09 bits per heavy atom. The van der Waals surface area contributed by atoms with Gasteiger partial charge in [0.25, 0.3) is 0 Å². The lowest BCUT2D eigenvalue weighted by Gasteiger charge is -2.34. The van der Waals surface area contributed by atoms with Crippen molar-refractivity contribution in [3.8, 4) is 6.07 Å². The van der Waals surface area contributed by atoms with E-state index in [1.165, 1.54) is 18.2 Å². The van der Waals surface area contributed by atoms with Crippen LogP contribution >= 0.6 is 12.2 Å². The molecule has 3 N–H and O–H groups in total. The summed E-state index contributed by atoms with van der Waals surface area (Å²) in [4.78, 5) is 20.3. The van der Waals surface area contributed by atoms with Gasteiger partial charge >= 0.3 is 0 Å². The summed E-state index contributed by atoms with van der Waals surface area (Å²) in [6.07, 6.45) is 0. The van der Waals surface area contributed by atoms with Crippen molar-refractivity contribution in [3.63, 3.8) is 0 Å². The summed E-state index contributed by atoms with van der Waals surface area (Å²) in [6.45, 7) is 0. The molecule has 3 unspecified atom stereocenters. The Bertz CT molecular complexity index is 782. The van der Waals surface area contributed by atoms with Crippen LogP contribution in [0.4, 0.5) is 4.39 Å². The zero-order chi connectivity index (χ0) is 15.9. The molecule has 2 heterocycles. The minimum atomic E-state index is -0.918. The van der Waals surface area contributed by atoms with Crippen LogP contribution in [0.1, 0.15) is 11.5 Å². The first kappa shape index (κ1) is 14.3. The lowest BCUT2D eigenvalue weighted by molar-refractivity contribution is -0.122. The monoisotopic (exact) mass is 315 g/mol. The summed E-state index contributed by atoms with van der Waals surface area (Å²) in [7, 11) is 0. The van der Waals surface area contributed by atoms with Crippen LogP contribution in [0, 0.1) is 29.0 Å². The molecule has 2 aliphatic heterocycles. The Morgan fingerprint density at radius 1 is 1.36 bits per heavy atom. The fraction of sp³-hybridized carbons (Fsp3) is 0.214. The number of amidine groups is 2. The zero-order valence-electron chi connectivity index (χ0n) is 11.2. The molecule has 3 atom stereocenters. The van der Waals surface area contributed by atoms with Gasteiger partial charge in [0.15, 0.2) is 0 Å². The SMILES string of the molecule is N#CC1C(N)=NC2=NC(=S)NC(=O)C2C1c1ccccc1F. The van der Waals surface area contributed by atoms with Crippen molar-refractivity contribution < 1.29 is 9.18 Å². The van der Waals surface area contributed by atoms with Crippen LogP contribution in [0.2, 0.25) is 0 Å². The Balaban J connectivity index is 2.22. The van der Waals surface area contributed by atoms with Gasteiger partial charge in [0.2, 0.25) is 11.0 Å². The molecule has 1 aromatic carbocycles. The predicted octanol–water partition coefficient (Wildman–Crippen LogP) is 0.849. The number of hydrogen-bond acceptors (Lipinski definition) is 5. The van der Waals surface area contributed by atoms with Gasteiger partial charge in [-0.2, -0.15) is 5.26 Å². The van der Waals surface area contributed by atoms with Crippen molar-refractivity contribution in [3.05, 3.63) is 35.6 Å². The van der Waals surface area contributed by atoms with Gasteiger partial charge in [0.05, 0.1) is 6.07 Å². The lowest BCUT2D eigenvalue weighted by atomic mass is 9.73. The lowest BCUT2D eigenvalue weighted by Crippen LogP contribution is -2.51. The van der Waals surface area contributed by atoms with Gasteiger partial charge in [-0.05, 0) is 23.8 Å². The van der Waals surface area contributed by atoms with Crippen LogP contribution in [0.25, 0.3) is 0 Å². The molecule has 6 nitrogen and oxygen atoms in total. The van der Waals surface area contributed by atoms with Crippen LogP contribution in [0.3, 0.4) is 0 Å². The molecular weight excluding hydrogens is 305 g/mol. The smallest absolute Gasteiger partial charge is 0.237 e. The number of fused-ring (bicyclic) bond motifs is 1. The maximum atomic E-state index is 14.2. The molecule has 0 radical (unpaired) electrons. The molecule has 0 saturated heterocycles. The van der Waals surface area contributed by atoms with Gasteiger partial charge in [-0.15, -0.1) is 0 Å². The predicted molar refractivity (Wildman–Crippen MR) is 81.5 cm³/mol. The van der Waals surface area contributed by atoms with Crippen LogP contribution in [-0.4, -0.2) is 22.7 Å². The van der Waals surface area contributed by atoms with E-state index in [0.717, 1.165) is 0 Å². The second-order valence-corrected chi connectivity index (χ2v) is 5.32. The third-order valence-corrected chi connectivity index (χ3v) is 3.88. The molecular formula is C14H10FN5OS. The number of nitrogens with two attached hydrogens (primary N) is 1. The number of benzene rings is 1. The first-order chi connectivity index (χ1) is 10.5. The van der Waals surface area contributed by atoms with E-state index in [1.54, 1.807) is 6.07 Å². The maximum Gasteiger partial charge on any atom is 0.237 e. The molecule has 110 valence electrons. The highest BCUT2D eigenvalue weighted by Crippen LogP contribution is 2.39. The van der Waals surface area contributed by atoms with E-state index in [2.05, 4.69) is 15.3 Å². The molecule has 0 aliphatic carbocycles. The van der Waals surface area contributed by atoms with Crippen molar-refractivity contribution in [1.82, 2.24) is 5.32 Å². The summed E-state index contributed by atoms with van der Waals surface area (Å²) >= 11 is 4.86. The summed E-state index contributed by atoms with van der Waals surface area (Å²) in [6, 6.07) is 7.97. The quantitative estimate of drug-likeness (QED) is 0.750. The van der Waals surface area contributed by atoms with Crippen molar-refractivity contribution in [2.45, 2.75) is 5.92 Å². The standard InChI is InChI=1S/C14H10FN5OS/c15-8-4-2-1-3-6(8)9-7(5-16)11(17)18-12-10(9)13(21)20-14(22)19-12/h1-4,7,9-10H,(H3,17,18,19,20,21,22). The van der Waals surface area contributed by atoms with Gasteiger partial charge in [-0.25, -0.2) is 14.4 Å².